The normalized spacial score (nSPS) is 12.5. The molecule has 1 N–H and O–H groups in total. The van der Waals surface area contributed by atoms with E-state index < -0.39 is 10.0 Å². The van der Waals surface area contributed by atoms with Gasteiger partial charge in [0.25, 0.3) is 15.9 Å². The molecule has 0 unspecified atom stereocenters. The molecule has 0 fully saturated rings. The Kier molecular flexibility index (Phi) is 6.67. The highest BCUT2D eigenvalue weighted by atomic mass is 32.2. The maximum atomic E-state index is 13.2. The molecule has 0 bridgehead atoms. The van der Waals surface area contributed by atoms with Crippen LogP contribution >= 0.6 is 11.3 Å². The molecule has 0 aliphatic heterocycles. The van der Waals surface area contributed by atoms with Crippen LogP contribution in [0.3, 0.4) is 0 Å². The third kappa shape index (κ3) is 4.44. The number of ether oxygens (including phenoxy) is 1. The minimum Gasteiger partial charge on any atom is -0.497 e. The number of benzene rings is 2. The molecule has 3 aromatic rings. The van der Waals surface area contributed by atoms with Gasteiger partial charge in [0.15, 0.2) is 0 Å². The Hall–Kier alpha value is -2.58. The van der Waals surface area contributed by atoms with Crippen molar-refractivity contribution in [3.05, 3.63) is 53.4 Å². The van der Waals surface area contributed by atoms with E-state index >= 15 is 0 Å². The van der Waals surface area contributed by atoms with Gasteiger partial charge in [0.1, 0.15) is 5.75 Å². The Morgan fingerprint density at radius 2 is 1.83 bits per heavy atom. The molecular formula is C22H26N2O4S2. The number of rotatable bonds is 8. The van der Waals surface area contributed by atoms with E-state index in [1.165, 1.54) is 34.9 Å². The fraction of sp³-hybridized carbons (Fsp3) is 0.318. The molecule has 160 valence electrons. The van der Waals surface area contributed by atoms with E-state index in [0.29, 0.717) is 16.3 Å². The van der Waals surface area contributed by atoms with E-state index in [1.54, 1.807) is 25.1 Å². The summed E-state index contributed by atoms with van der Waals surface area (Å²) in [6, 6.07) is 13.7. The molecule has 1 amide bonds. The summed E-state index contributed by atoms with van der Waals surface area (Å²) in [5.41, 5.74) is 0.563. The predicted octanol–water partition coefficient (Wildman–Crippen LogP) is 4.65. The van der Waals surface area contributed by atoms with Gasteiger partial charge in [-0.2, -0.15) is 0 Å². The number of nitrogens with zero attached hydrogens (tertiary/aromatic N) is 1. The lowest BCUT2D eigenvalue weighted by Gasteiger charge is -2.23. The Morgan fingerprint density at radius 3 is 2.43 bits per heavy atom. The number of nitrogens with one attached hydrogen (secondary N) is 1. The number of methoxy groups -OCH3 is 1. The first-order chi connectivity index (χ1) is 14.3. The van der Waals surface area contributed by atoms with Gasteiger partial charge in [0.05, 0.1) is 22.6 Å². The Bertz CT molecular complexity index is 1140. The SMILES string of the molecule is CC[C@H](C)NC(=O)c1cc2cc(N(CC)S(=O)(=O)c3ccc(OC)cc3)ccc2s1. The van der Waals surface area contributed by atoms with Crippen molar-refractivity contribution >= 4 is 43.0 Å². The summed E-state index contributed by atoms with van der Waals surface area (Å²) in [6.45, 7) is 6.06. The summed E-state index contributed by atoms with van der Waals surface area (Å²) in [7, 11) is -2.19. The van der Waals surface area contributed by atoms with E-state index in [4.69, 9.17) is 4.74 Å². The molecule has 0 aliphatic carbocycles. The van der Waals surface area contributed by atoms with Gasteiger partial charge in [-0.15, -0.1) is 11.3 Å². The van der Waals surface area contributed by atoms with Crippen LogP contribution in [0.15, 0.2) is 53.4 Å². The summed E-state index contributed by atoms with van der Waals surface area (Å²) in [4.78, 5) is 13.3. The lowest BCUT2D eigenvalue weighted by Crippen LogP contribution is -2.31. The summed E-state index contributed by atoms with van der Waals surface area (Å²) in [5.74, 6) is 0.491. The topological polar surface area (TPSA) is 75.7 Å². The van der Waals surface area contributed by atoms with Crippen LogP contribution in [0.1, 0.15) is 36.9 Å². The minimum atomic E-state index is -3.72. The van der Waals surface area contributed by atoms with Crippen molar-refractivity contribution in [3.8, 4) is 5.75 Å². The highest BCUT2D eigenvalue weighted by Gasteiger charge is 2.24. The zero-order chi connectivity index (χ0) is 21.9. The molecule has 1 atom stereocenters. The molecule has 0 aliphatic rings. The van der Waals surface area contributed by atoms with Crippen LogP contribution in [0.5, 0.6) is 5.75 Å². The third-order valence-electron chi connectivity index (χ3n) is 4.94. The molecule has 2 aromatic carbocycles. The number of thiophene rings is 1. The number of carbonyl (C=O) groups excluding carboxylic acids is 1. The predicted molar refractivity (Wildman–Crippen MR) is 122 cm³/mol. The Morgan fingerprint density at radius 1 is 1.13 bits per heavy atom. The maximum absolute atomic E-state index is 13.2. The van der Waals surface area contributed by atoms with Gasteiger partial charge in [-0.1, -0.05) is 6.92 Å². The molecule has 0 spiro atoms. The average molecular weight is 447 g/mol. The summed E-state index contributed by atoms with van der Waals surface area (Å²) >= 11 is 1.40. The average Bonchev–Trinajstić information content (AvgIpc) is 3.17. The number of sulfonamides is 1. The van der Waals surface area contributed by atoms with Crippen LogP contribution in [0.2, 0.25) is 0 Å². The molecule has 0 saturated heterocycles. The van der Waals surface area contributed by atoms with E-state index in [-0.39, 0.29) is 23.4 Å². The first-order valence-corrected chi connectivity index (χ1v) is 12.1. The molecule has 1 aromatic heterocycles. The minimum absolute atomic E-state index is 0.100. The summed E-state index contributed by atoms with van der Waals surface area (Å²) in [6.07, 6.45) is 0.857. The molecule has 8 heteroatoms. The quantitative estimate of drug-likeness (QED) is 0.546. The van der Waals surface area contributed by atoms with Gasteiger partial charge < -0.3 is 10.1 Å². The van der Waals surface area contributed by atoms with Crippen molar-refractivity contribution in [2.75, 3.05) is 18.0 Å². The smallest absolute Gasteiger partial charge is 0.264 e. The summed E-state index contributed by atoms with van der Waals surface area (Å²) < 4.78 is 33.8. The van der Waals surface area contributed by atoms with Crippen LogP contribution in [0, 0.1) is 0 Å². The zero-order valence-electron chi connectivity index (χ0n) is 17.5. The standard InChI is InChI=1S/C22H26N2O4S2/c1-5-15(3)23-22(25)21-14-16-13-17(7-12-20(16)29-21)24(6-2)30(26,27)19-10-8-18(28-4)9-11-19/h7-15H,5-6H2,1-4H3,(H,23,25)/t15-/m0/s1. The van der Waals surface area contributed by atoms with E-state index in [0.717, 1.165) is 16.5 Å². The van der Waals surface area contributed by atoms with Crippen molar-refractivity contribution in [1.29, 1.82) is 0 Å². The van der Waals surface area contributed by atoms with E-state index in [2.05, 4.69) is 5.32 Å². The Labute approximate surface area is 181 Å². The first kappa shape index (κ1) is 22.1. The van der Waals surface area contributed by atoms with E-state index in [1.807, 2.05) is 32.0 Å². The second-order valence-corrected chi connectivity index (χ2v) is 9.91. The Balaban J connectivity index is 1.94. The fourth-order valence-corrected chi connectivity index (χ4v) is 5.47. The zero-order valence-corrected chi connectivity index (χ0v) is 19.1. The third-order valence-corrected chi connectivity index (χ3v) is 7.97. The van der Waals surface area contributed by atoms with Crippen LogP contribution in [-0.4, -0.2) is 34.0 Å². The van der Waals surface area contributed by atoms with Gasteiger partial charge in [-0.05, 0) is 74.2 Å². The van der Waals surface area contributed by atoms with Gasteiger partial charge >= 0.3 is 0 Å². The van der Waals surface area contributed by atoms with Crippen molar-refractivity contribution < 1.29 is 17.9 Å². The number of hydrogen-bond donors (Lipinski definition) is 1. The highest BCUT2D eigenvalue weighted by Crippen LogP contribution is 2.32. The molecular weight excluding hydrogens is 420 g/mol. The second-order valence-electron chi connectivity index (χ2n) is 6.96. The monoisotopic (exact) mass is 446 g/mol. The number of fused-ring (bicyclic) bond motifs is 1. The molecule has 30 heavy (non-hydrogen) atoms. The first-order valence-electron chi connectivity index (χ1n) is 9.81. The van der Waals surface area contributed by atoms with Crippen molar-refractivity contribution in [2.45, 2.75) is 38.1 Å². The van der Waals surface area contributed by atoms with Gasteiger partial charge in [0.2, 0.25) is 0 Å². The van der Waals surface area contributed by atoms with Crippen molar-refractivity contribution in [3.63, 3.8) is 0 Å². The van der Waals surface area contributed by atoms with Crippen LogP contribution in [0.25, 0.3) is 10.1 Å². The van der Waals surface area contributed by atoms with Crippen LogP contribution in [-0.2, 0) is 10.0 Å². The highest BCUT2D eigenvalue weighted by molar-refractivity contribution is 7.92. The van der Waals surface area contributed by atoms with Crippen LogP contribution in [0.4, 0.5) is 5.69 Å². The number of carbonyl (C=O) groups is 1. The number of amides is 1. The van der Waals surface area contributed by atoms with Crippen molar-refractivity contribution in [2.24, 2.45) is 0 Å². The second kappa shape index (κ2) is 9.06. The lowest BCUT2D eigenvalue weighted by molar-refractivity contribution is 0.0943. The number of anilines is 1. The molecule has 1 heterocycles. The summed E-state index contributed by atoms with van der Waals surface area (Å²) in [5, 5.41) is 3.81. The molecule has 0 saturated carbocycles. The molecule has 3 rings (SSSR count). The molecule has 6 nitrogen and oxygen atoms in total. The number of hydrogen-bond acceptors (Lipinski definition) is 5. The molecule has 0 radical (unpaired) electrons. The largest absolute Gasteiger partial charge is 0.497 e. The van der Waals surface area contributed by atoms with Crippen molar-refractivity contribution in [1.82, 2.24) is 5.32 Å². The van der Waals surface area contributed by atoms with Gasteiger partial charge in [0, 0.05) is 17.3 Å². The van der Waals surface area contributed by atoms with Gasteiger partial charge in [-0.3, -0.25) is 9.10 Å². The van der Waals surface area contributed by atoms with Crippen LogP contribution < -0.4 is 14.4 Å². The maximum Gasteiger partial charge on any atom is 0.264 e. The van der Waals surface area contributed by atoms with Gasteiger partial charge in [-0.25, -0.2) is 8.42 Å². The van der Waals surface area contributed by atoms with E-state index in [9.17, 15) is 13.2 Å². The lowest BCUT2D eigenvalue weighted by atomic mass is 10.2. The fourth-order valence-electron chi connectivity index (χ4n) is 3.06.